The van der Waals surface area contributed by atoms with Gasteiger partial charge in [-0.2, -0.15) is 4.31 Å². The zero-order valence-electron chi connectivity index (χ0n) is 17.4. The molecule has 0 aromatic heterocycles. The Bertz CT molecular complexity index is 1070. The van der Waals surface area contributed by atoms with E-state index in [1.165, 1.54) is 20.0 Å². The first kappa shape index (κ1) is 21.8. The van der Waals surface area contributed by atoms with Crippen molar-refractivity contribution in [3.63, 3.8) is 0 Å². The minimum absolute atomic E-state index is 0.0246. The summed E-state index contributed by atoms with van der Waals surface area (Å²) in [4.78, 5) is 25.9. The molecule has 1 unspecified atom stereocenters. The second-order valence-electron chi connectivity index (χ2n) is 7.27. The molecule has 2 aromatic carbocycles. The van der Waals surface area contributed by atoms with E-state index in [0.29, 0.717) is 17.9 Å². The predicted octanol–water partition coefficient (Wildman–Crippen LogP) is 2.25. The van der Waals surface area contributed by atoms with Crippen LogP contribution in [0.1, 0.15) is 19.4 Å². The molecule has 1 heterocycles. The van der Waals surface area contributed by atoms with Gasteiger partial charge < -0.3 is 15.0 Å². The van der Waals surface area contributed by atoms with Gasteiger partial charge in [0.2, 0.25) is 21.8 Å². The van der Waals surface area contributed by atoms with Crippen molar-refractivity contribution in [1.29, 1.82) is 0 Å². The van der Waals surface area contributed by atoms with Crippen molar-refractivity contribution in [3.05, 3.63) is 48.0 Å². The number of anilines is 2. The van der Waals surface area contributed by atoms with Crippen LogP contribution in [0.15, 0.2) is 47.4 Å². The summed E-state index contributed by atoms with van der Waals surface area (Å²) in [5.74, 6) is 0.120. The fourth-order valence-electron chi connectivity index (χ4n) is 3.59. The maximum Gasteiger partial charge on any atom is 0.243 e. The van der Waals surface area contributed by atoms with Crippen molar-refractivity contribution in [3.8, 4) is 5.75 Å². The van der Waals surface area contributed by atoms with E-state index in [1.54, 1.807) is 48.4 Å². The molecule has 0 bridgehead atoms. The van der Waals surface area contributed by atoms with Crippen molar-refractivity contribution in [2.75, 3.05) is 30.9 Å². The first-order valence-corrected chi connectivity index (χ1v) is 10.9. The highest BCUT2D eigenvalue weighted by Gasteiger charge is 2.31. The Labute approximate surface area is 176 Å². The Kier molecular flexibility index (Phi) is 6.14. The highest BCUT2D eigenvalue weighted by molar-refractivity contribution is 7.89. The largest absolute Gasteiger partial charge is 0.497 e. The third-order valence-electron chi connectivity index (χ3n) is 5.05. The first-order valence-electron chi connectivity index (χ1n) is 9.46. The third kappa shape index (κ3) is 4.31. The summed E-state index contributed by atoms with van der Waals surface area (Å²) < 4.78 is 32.0. The number of ether oxygens (including phenoxy) is 1. The molecule has 160 valence electrons. The zero-order valence-corrected chi connectivity index (χ0v) is 18.2. The number of carbonyl (C=O) groups excluding carboxylic acids is 2. The lowest BCUT2D eigenvalue weighted by molar-refractivity contribution is -0.117. The van der Waals surface area contributed by atoms with E-state index < -0.39 is 15.9 Å². The average molecular weight is 432 g/mol. The molecule has 8 nitrogen and oxygen atoms in total. The van der Waals surface area contributed by atoms with E-state index in [9.17, 15) is 18.0 Å². The summed E-state index contributed by atoms with van der Waals surface area (Å²) in [5, 5.41) is 2.67. The van der Waals surface area contributed by atoms with Crippen LogP contribution in [0.3, 0.4) is 0 Å². The van der Waals surface area contributed by atoms with Gasteiger partial charge in [-0.3, -0.25) is 9.59 Å². The number of nitrogens with zero attached hydrogens (tertiary/aromatic N) is 2. The first-order chi connectivity index (χ1) is 14.1. The van der Waals surface area contributed by atoms with Gasteiger partial charge in [-0.15, -0.1) is 0 Å². The molecule has 0 fully saturated rings. The molecule has 1 N–H and O–H groups in total. The van der Waals surface area contributed by atoms with Crippen molar-refractivity contribution < 1.29 is 22.7 Å². The smallest absolute Gasteiger partial charge is 0.243 e. The molecule has 0 spiro atoms. The minimum atomic E-state index is -3.86. The van der Waals surface area contributed by atoms with E-state index in [0.717, 1.165) is 15.6 Å². The number of fused-ring (bicyclic) bond motifs is 1. The summed E-state index contributed by atoms with van der Waals surface area (Å²) >= 11 is 0. The van der Waals surface area contributed by atoms with Crippen molar-refractivity contribution in [1.82, 2.24) is 4.31 Å². The second-order valence-corrected chi connectivity index (χ2v) is 9.32. The summed E-state index contributed by atoms with van der Waals surface area (Å²) in [6.45, 7) is 3.08. The fraction of sp³-hybridized carbons (Fsp3) is 0.333. The van der Waals surface area contributed by atoms with Gasteiger partial charge in [0.05, 0.1) is 18.6 Å². The molecule has 1 aliphatic rings. The van der Waals surface area contributed by atoms with Crippen LogP contribution in [-0.4, -0.2) is 51.3 Å². The van der Waals surface area contributed by atoms with Gasteiger partial charge in [-0.05, 0) is 61.4 Å². The van der Waals surface area contributed by atoms with E-state index in [1.807, 2.05) is 6.92 Å². The van der Waals surface area contributed by atoms with Crippen LogP contribution in [0, 0.1) is 0 Å². The Morgan fingerprint density at radius 3 is 2.47 bits per heavy atom. The molecule has 0 saturated heterocycles. The summed E-state index contributed by atoms with van der Waals surface area (Å²) in [5.41, 5.74) is 2.08. The zero-order chi connectivity index (χ0) is 22.1. The molecule has 30 heavy (non-hydrogen) atoms. The van der Waals surface area contributed by atoms with Gasteiger partial charge in [0.25, 0.3) is 0 Å². The molecule has 1 atom stereocenters. The number of hydrogen-bond donors (Lipinski definition) is 1. The van der Waals surface area contributed by atoms with Crippen LogP contribution in [-0.2, 0) is 26.0 Å². The molecule has 0 radical (unpaired) electrons. The van der Waals surface area contributed by atoms with E-state index >= 15 is 0 Å². The quantitative estimate of drug-likeness (QED) is 0.757. The number of amides is 2. The molecule has 2 aromatic rings. The van der Waals surface area contributed by atoms with Crippen LogP contribution in [0.25, 0.3) is 0 Å². The van der Waals surface area contributed by atoms with Crippen molar-refractivity contribution in [2.45, 2.75) is 31.2 Å². The highest BCUT2D eigenvalue weighted by Crippen LogP contribution is 2.34. The van der Waals surface area contributed by atoms with E-state index in [2.05, 4.69) is 5.32 Å². The van der Waals surface area contributed by atoms with Gasteiger partial charge >= 0.3 is 0 Å². The van der Waals surface area contributed by atoms with Gasteiger partial charge in [-0.1, -0.05) is 0 Å². The highest BCUT2D eigenvalue weighted by atomic mass is 32.2. The molecule has 0 aliphatic carbocycles. The van der Waals surface area contributed by atoms with Crippen molar-refractivity contribution >= 4 is 33.2 Å². The van der Waals surface area contributed by atoms with Crippen molar-refractivity contribution in [2.24, 2.45) is 0 Å². The van der Waals surface area contributed by atoms with Gasteiger partial charge in [0, 0.05) is 31.4 Å². The number of sulfonamides is 1. The van der Waals surface area contributed by atoms with Crippen LogP contribution < -0.4 is 15.0 Å². The fourth-order valence-corrected chi connectivity index (χ4v) is 4.77. The number of likely N-dealkylation sites (N-methyl/N-ethyl adjacent to an activating group) is 1. The minimum Gasteiger partial charge on any atom is -0.497 e. The Balaban J connectivity index is 1.72. The average Bonchev–Trinajstić information content (AvgIpc) is 3.03. The number of nitrogens with one attached hydrogen (secondary N) is 1. The topological polar surface area (TPSA) is 96.0 Å². The number of rotatable bonds is 6. The van der Waals surface area contributed by atoms with E-state index in [4.69, 9.17) is 4.74 Å². The summed E-state index contributed by atoms with van der Waals surface area (Å²) in [7, 11) is -0.957. The molecule has 3 rings (SSSR count). The third-order valence-corrected chi connectivity index (χ3v) is 6.85. The van der Waals surface area contributed by atoms with Gasteiger partial charge in [0.15, 0.2) is 0 Å². The van der Waals surface area contributed by atoms with Crippen LogP contribution in [0.4, 0.5) is 11.4 Å². The summed E-state index contributed by atoms with van der Waals surface area (Å²) in [6, 6.07) is 11.4. The second kappa shape index (κ2) is 8.45. The number of benzene rings is 2. The predicted molar refractivity (Wildman–Crippen MR) is 114 cm³/mol. The van der Waals surface area contributed by atoms with Gasteiger partial charge in [-0.25, -0.2) is 8.42 Å². The van der Waals surface area contributed by atoms with Crippen LogP contribution >= 0.6 is 0 Å². The molecule has 0 saturated carbocycles. The maximum absolute atomic E-state index is 12.9. The van der Waals surface area contributed by atoms with E-state index in [-0.39, 0.29) is 23.4 Å². The van der Waals surface area contributed by atoms with Gasteiger partial charge in [0.1, 0.15) is 5.75 Å². The van der Waals surface area contributed by atoms with Crippen LogP contribution in [0.5, 0.6) is 5.75 Å². The normalized spacial score (nSPS) is 15.8. The molecular weight excluding hydrogens is 406 g/mol. The monoisotopic (exact) mass is 431 g/mol. The molecular formula is C21H25N3O5S. The van der Waals surface area contributed by atoms with Crippen LogP contribution in [0.2, 0.25) is 0 Å². The molecule has 9 heteroatoms. The number of methoxy groups -OCH3 is 1. The Morgan fingerprint density at radius 1 is 1.20 bits per heavy atom. The SMILES string of the molecule is COc1ccc(NC(=O)CN(C)S(=O)(=O)c2ccc3c(c2)CC(C)N3C(C)=O)cc1. The maximum atomic E-state index is 12.9. The lowest BCUT2D eigenvalue weighted by Crippen LogP contribution is -2.35. The standard InChI is InChI=1S/C21H25N3O5S/c1-14-11-16-12-19(9-10-20(16)24(14)15(2)25)30(27,28)23(3)13-21(26)22-17-5-7-18(29-4)8-6-17/h5-10,12,14H,11,13H2,1-4H3,(H,22,26). The summed E-state index contributed by atoms with van der Waals surface area (Å²) in [6.07, 6.45) is 0.583. The lowest BCUT2D eigenvalue weighted by Gasteiger charge is -2.21. The number of carbonyl (C=O) groups is 2. The molecule has 1 aliphatic heterocycles. The lowest BCUT2D eigenvalue weighted by atomic mass is 10.1. The number of hydrogen-bond acceptors (Lipinski definition) is 5. The Hall–Kier alpha value is -2.91. The molecule has 2 amide bonds. The Morgan fingerprint density at radius 2 is 1.87 bits per heavy atom.